The molecule has 0 unspecified atom stereocenters. The van der Waals surface area contributed by atoms with Gasteiger partial charge in [-0.2, -0.15) is 0 Å². The lowest BCUT2D eigenvalue weighted by molar-refractivity contribution is -0.128. The summed E-state index contributed by atoms with van der Waals surface area (Å²) in [5.74, 6) is 1.16. The van der Waals surface area contributed by atoms with E-state index in [1.807, 2.05) is 81.7 Å². The van der Waals surface area contributed by atoms with E-state index >= 15 is 0 Å². The van der Waals surface area contributed by atoms with Crippen LogP contribution in [0.5, 0.6) is 0 Å². The number of amides is 4. The van der Waals surface area contributed by atoms with Crippen LogP contribution in [0.2, 0.25) is 10.0 Å². The minimum absolute atomic E-state index is 0.00329. The number of aromatic nitrogens is 6. The molecule has 4 amide bonds. The van der Waals surface area contributed by atoms with E-state index in [9.17, 15) is 24.0 Å². The zero-order chi connectivity index (χ0) is 58.3. The van der Waals surface area contributed by atoms with Crippen LogP contribution < -0.4 is 31.9 Å². The predicted octanol–water partition coefficient (Wildman–Crippen LogP) is 12.1. The molecule has 4 heterocycles. The molecule has 10 rings (SSSR count). The molecule has 4 aliphatic rings. The quantitative estimate of drug-likeness (QED) is 0.0375. The van der Waals surface area contributed by atoms with E-state index in [-0.39, 0.29) is 71.9 Å². The fraction of sp³-hybridized carbons (Fsp3) is 0.459. The van der Waals surface area contributed by atoms with Gasteiger partial charge >= 0.3 is 6.09 Å². The number of H-pyrrole nitrogens is 2. The molecular weight excluding hydrogens is 1100 g/mol. The average molecular weight is 1180 g/mol. The number of halogens is 3. The molecule has 0 spiro atoms. The van der Waals surface area contributed by atoms with Gasteiger partial charge in [0.25, 0.3) is 0 Å². The number of hydrogen-bond donors (Lipinski definition) is 8. The molecule has 4 fully saturated rings. The lowest BCUT2D eigenvalue weighted by Crippen LogP contribution is -2.46. The van der Waals surface area contributed by atoms with E-state index in [0.717, 1.165) is 142 Å². The number of ether oxygens (including phenoxy) is 1. The number of carbonyl (C=O) groups excluding carboxylic acids is 5. The second kappa shape index (κ2) is 28.8. The van der Waals surface area contributed by atoms with Crippen molar-refractivity contribution in [2.75, 3.05) is 10.6 Å². The summed E-state index contributed by atoms with van der Waals surface area (Å²) in [5.41, 5.74) is 4.80. The van der Waals surface area contributed by atoms with Gasteiger partial charge in [0.05, 0.1) is 33.8 Å². The molecule has 0 aliphatic heterocycles. The van der Waals surface area contributed by atoms with Gasteiger partial charge in [0.15, 0.2) is 0 Å². The van der Waals surface area contributed by atoms with Crippen molar-refractivity contribution in [3.05, 3.63) is 109 Å². The molecule has 4 aromatic heterocycles. The van der Waals surface area contributed by atoms with Gasteiger partial charge in [-0.1, -0.05) is 72.8 Å². The average Bonchev–Trinajstić information content (AvgIpc) is 4.27. The third-order valence-corrected chi connectivity index (χ3v) is 16.2. The van der Waals surface area contributed by atoms with Crippen molar-refractivity contribution in [2.45, 2.75) is 165 Å². The molecule has 82 heavy (non-hydrogen) atoms. The molecule has 4 saturated carbocycles. The maximum atomic E-state index is 13.1. The third-order valence-electron chi connectivity index (χ3n) is 15.5. The van der Waals surface area contributed by atoms with E-state index in [1.165, 1.54) is 6.08 Å². The largest absolute Gasteiger partial charge is 0.444 e. The normalized spacial score (nSPS) is 22.6. The smallest absolute Gasteiger partial charge is 0.407 e. The highest BCUT2D eigenvalue weighted by atomic mass is 35.5. The van der Waals surface area contributed by atoms with E-state index in [4.69, 9.17) is 49.5 Å². The number of anilines is 2. The number of para-hydroxylation sites is 2. The first-order chi connectivity index (χ1) is 39.4. The molecule has 4 atom stereocenters. The van der Waals surface area contributed by atoms with Crippen LogP contribution in [-0.2, 0) is 23.9 Å². The molecule has 21 heteroatoms. The Balaban J connectivity index is 0.000000199. The van der Waals surface area contributed by atoms with E-state index in [1.54, 1.807) is 12.4 Å². The highest BCUT2D eigenvalue weighted by Gasteiger charge is 2.33. The van der Waals surface area contributed by atoms with Crippen LogP contribution in [0.4, 0.5) is 16.7 Å². The number of benzene rings is 2. The first-order valence-electron chi connectivity index (χ1n) is 28.5. The van der Waals surface area contributed by atoms with Crippen LogP contribution in [0, 0.1) is 11.8 Å². The topological polar surface area (TPSA) is 250 Å². The minimum atomic E-state index is -0.521. The van der Waals surface area contributed by atoms with Crippen molar-refractivity contribution < 1.29 is 28.7 Å². The lowest BCUT2D eigenvalue weighted by atomic mass is 9.84. The molecule has 436 valence electrons. The van der Waals surface area contributed by atoms with Crippen LogP contribution >= 0.6 is 34.8 Å². The van der Waals surface area contributed by atoms with Gasteiger partial charge in [-0.25, -0.2) is 24.7 Å². The van der Waals surface area contributed by atoms with E-state index in [0.29, 0.717) is 33.3 Å². The zero-order valence-electron chi connectivity index (χ0n) is 46.8. The summed E-state index contributed by atoms with van der Waals surface area (Å²) in [6, 6.07) is 16.9. The van der Waals surface area contributed by atoms with Crippen molar-refractivity contribution in [3.8, 4) is 22.5 Å². The fourth-order valence-electron chi connectivity index (χ4n) is 11.4. The first kappa shape index (κ1) is 61.1. The predicted molar refractivity (Wildman–Crippen MR) is 325 cm³/mol. The minimum Gasteiger partial charge on any atom is -0.444 e. The third kappa shape index (κ3) is 17.3. The van der Waals surface area contributed by atoms with Crippen LogP contribution in [0.1, 0.15) is 124 Å². The van der Waals surface area contributed by atoms with Crippen LogP contribution in [0.15, 0.2) is 98.6 Å². The molecule has 6 aromatic rings. The van der Waals surface area contributed by atoms with Gasteiger partial charge in [0.2, 0.25) is 34.9 Å². The van der Waals surface area contributed by atoms with E-state index in [2.05, 4.69) is 65.0 Å². The van der Waals surface area contributed by atoms with Gasteiger partial charge in [-0.05, 0) is 159 Å². The monoisotopic (exact) mass is 1180 g/mol. The number of fused-ring (bicyclic) bond motifs is 2. The Morgan fingerprint density at radius 1 is 0.573 bits per heavy atom. The molecule has 8 N–H and O–H groups in total. The molecule has 4 aliphatic carbocycles. The fourth-order valence-corrected chi connectivity index (χ4v) is 11.8. The summed E-state index contributed by atoms with van der Waals surface area (Å²) in [4.78, 5) is 84.1. The zero-order valence-corrected chi connectivity index (χ0v) is 49.1. The number of nitrogens with one attached hydrogen (secondary N) is 8. The Hall–Kier alpha value is -7.02. The van der Waals surface area contributed by atoms with Gasteiger partial charge in [0, 0.05) is 93.4 Å². The highest BCUT2D eigenvalue weighted by molar-refractivity contribution is 6.66. The SMILES string of the molecule is C=CC(=O)Cl.C=CC(=O)NC1CCC(C(=O)N[C@H]2CCC[C@@H](Nc3ncc(Cl)c(-c4c[nH]c5ccccc45)n3)C2)CC1.CC(C)(C)OC(=O)NC1CCC(C(=O)N[C@H]2CCC[C@@H](Nc3ncc(Cl)c(-c4c[nH]c5ccccc45)n3)C2)CC1. The highest BCUT2D eigenvalue weighted by Crippen LogP contribution is 2.35. The standard InChI is InChI=1S/C30H39ClN6O3.C28H33ClN6O2.C3H3ClO/c1-30(2,3)40-29(39)36-19-13-11-18(12-14-19)27(38)34-20-7-6-8-21(15-20)35-28-33-17-24(31)26(37-28)23-16-32-25-10-5-4-9-22(23)25;1-2-25(36)32-18-12-10-17(11-13-18)27(37)33-19-6-5-7-20(14-19)34-28-31-16-23(29)26(35-28)22-15-30-24-9-4-3-8-21(22)24;1-2-3(4)5/h4-5,9-10,16-21,32H,6-8,11-15H2,1-3H3,(H,34,38)(H,36,39)(H,33,35,37);2-4,8-9,15-20,30H,1,5-7,10-14H2,(H,32,36)(H,33,37)(H,31,34,35);2H,1H2/t18?,19?,20-,21+;17?,18?,19-,20+;/m00./s1. The number of aromatic amines is 2. The second-order valence-electron chi connectivity index (χ2n) is 22.7. The Kier molecular flexibility index (Phi) is 21.4. The van der Waals surface area contributed by atoms with E-state index < -0.39 is 10.8 Å². The Morgan fingerprint density at radius 2 is 0.988 bits per heavy atom. The molecule has 0 radical (unpaired) electrons. The van der Waals surface area contributed by atoms with Gasteiger partial charge in [-0.15, -0.1) is 0 Å². The van der Waals surface area contributed by atoms with Crippen molar-refractivity contribution in [2.24, 2.45) is 11.8 Å². The summed E-state index contributed by atoms with van der Waals surface area (Å²) in [5, 5.41) is 22.1. The molecule has 0 saturated heterocycles. The number of rotatable bonds is 14. The summed E-state index contributed by atoms with van der Waals surface area (Å²) < 4.78 is 5.36. The summed E-state index contributed by atoms with van der Waals surface area (Å²) in [6.45, 7) is 12.1. The Labute approximate surface area is 494 Å². The maximum absolute atomic E-state index is 13.1. The first-order valence-corrected chi connectivity index (χ1v) is 29.6. The van der Waals surface area contributed by atoms with Gasteiger partial charge in [0.1, 0.15) is 5.60 Å². The number of alkyl carbamates (subject to hydrolysis) is 1. The Morgan fingerprint density at radius 3 is 1.40 bits per heavy atom. The van der Waals surface area contributed by atoms with Crippen molar-refractivity contribution in [1.82, 2.24) is 51.2 Å². The summed E-state index contributed by atoms with van der Waals surface area (Å²) in [7, 11) is 0. The van der Waals surface area contributed by atoms with Crippen molar-refractivity contribution in [1.29, 1.82) is 0 Å². The summed E-state index contributed by atoms with van der Waals surface area (Å²) >= 11 is 17.7. The molecule has 18 nitrogen and oxygen atoms in total. The van der Waals surface area contributed by atoms with Crippen LogP contribution in [0.25, 0.3) is 44.3 Å². The number of carbonyl (C=O) groups is 5. The van der Waals surface area contributed by atoms with Crippen molar-refractivity contribution in [3.63, 3.8) is 0 Å². The van der Waals surface area contributed by atoms with Crippen molar-refractivity contribution >= 4 is 97.6 Å². The molecule has 2 aromatic carbocycles. The number of hydrogen-bond acceptors (Lipinski definition) is 12. The second-order valence-corrected chi connectivity index (χ2v) is 23.9. The van der Waals surface area contributed by atoms with Crippen LogP contribution in [-0.4, -0.2) is 101 Å². The van der Waals surface area contributed by atoms with Crippen LogP contribution in [0.3, 0.4) is 0 Å². The lowest BCUT2D eigenvalue weighted by Gasteiger charge is -2.33. The number of allylic oxidation sites excluding steroid dienone is 1. The molecular formula is C61H75Cl3N12O6. The summed E-state index contributed by atoms with van der Waals surface area (Å²) in [6.07, 6.45) is 23.0. The van der Waals surface area contributed by atoms with Gasteiger partial charge in [-0.3, -0.25) is 19.2 Å². The van der Waals surface area contributed by atoms with Gasteiger partial charge < -0.3 is 46.6 Å². The Bertz CT molecular complexity index is 3200. The number of nitrogens with zero attached hydrogens (tertiary/aromatic N) is 4. The molecule has 0 bridgehead atoms. The maximum Gasteiger partial charge on any atom is 0.407 e.